The maximum Gasteiger partial charge on any atom is 0.267 e. The lowest BCUT2D eigenvalue weighted by Gasteiger charge is -2.10. The molecule has 1 heterocycles. The van der Waals surface area contributed by atoms with Crippen molar-refractivity contribution in [1.82, 2.24) is 9.88 Å². The van der Waals surface area contributed by atoms with E-state index in [-0.39, 0.29) is 29.0 Å². The van der Waals surface area contributed by atoms with Gasteiger partial charge in [-0.3, -0.25) is 19.0 Å². The van der Waals surface area contributed by atoms with E-state index in [1.54, 1.807) is 36.5 Å². The highest BCUT2D eigenvalue weighted by molar-refractivity contribution is 5.94. The number of aromatic nitrogens is 1. The Morgan fingerprint density at radius 2 is 1.88 bits per heavy atom. The van der Waals surface area contributed by atoms with Gasteiger partial charge in [0.15, 0.2) is 0 Å². The van der Waals surface area contributed by atoms with Crippen LogP contribution in [0.25, 0.3) is 5.69 Å². The molecule has 2 amide bonds. The number of benzene rings is 1. The van der Waals surface area contributed by atoms with Crippen molar-refractivity contribution >= 4 is 17.5 Å². The Kier molecular flexibility index (Phi) is 4.97. The van der Waals surface area contributed by atoms with E-state index in [0.29, 0.717) is 17.8 Å². The van der Waals surface area contributed by atoms with Crippen LogP contribution < -0.4 is 16.2 Å². The SMILES string of the molecule is CCCC(=O)Nc1ccc(-n2cccc(C(=O)NC3CC3)c2=O)cc1. The molecule has 2 N–H and O–H groups in total. The second-order valence-corrected chi connectivity index (χ2v) is 6.19. The third kappa shape index (κ3) is 4.15. The van der Waals surface area contributed by atoms with Gasteiger partial charge in [-0.25, -0.2) is 0 Å². The molecular weight excluding hydrogens is 318 g/mol. The normalized spacial score (nSPS) is 13.3. The van der Waals surface area contributed by atoms with E-state index in [1.165, 1.54) is 10.6 Å². The Labute approximate surface area is 145 Å². The smallest absolute Gasteiger partial charge is 0.267 e. The molecule has 0 atom stereocenters. The molecule has 1 aliphatic carbocycles. The first kappa shape index (κ1) is 17.0. The molecular formula is C19H21N3O3. The fourth-order valence-electron chi connectivity index (χ4n) is 2.52. The summed E-state index contributed by atoms with van der Waals surface area (Å²) in [7, 11) is 0. The number of amides is 2. The summed E-state index contributed by atoms with van der Waals surface area (Å²) in [4.78, 5) is 36.4. The van der Waals surface area contributed by atoms with E-state index in [0.717, 1.165) is 19.3 Å². The van der Waals surface area contributed by atoms with Crippen LogP contribution in [-0.4, -0.2) is 22.4 Å². The second kappa shape index (κ2) is 7.34. The highest BCUT2D eigenvalue weighted by Crippen LogP contribution is 2.19. The minimum absolute atomic E-state index is 0.0360. The van der Waals surface area contributed by atoms with Crippen molar-refractivity contribution < 1.29 is 9.59 Å². The number of nitrogens with zero attached hydrogens (tertiary/aromatic N) is 1. The van der Waals surface area contributed by atoms with E-state index in [4.69, 9.17) is 0 Å². The maximum atomic E-state index is 12.6. The van der Waals surface area contributed by atoms with Crippen molar-refractivity contribution in [3.63, 3.8) is 0 Å². The fraction of sp³-hybridized carbons (Fsp3) is 0.316. The maximum absolute atomic E-state index is 12.6. The van der Waals surface area contributed by atoms with Crippen molar-refractivity contribution in [2.75, 3.05) is 5.32 Å². The molecule has 0 unspecified atom stereocenters. The van der Waals surface area contributed by atoms with Gasteiger partial charge in [0.1, 0.15) is 5.56 Å². The predicted molar refractivity (Wildman–Crippen MR) is 96.1 cm³/mol. The molecule has 1 fully saturated rings. The average molecular weight is 339 g/mol. The zero-order valence-electron chi connectivity index (χ0n) is 14.1. The van der Waals surface area contributed by atoms with E-state index in [1.807, 2.05) is 6.92 Å². The standard InChI is InChI=1S/C19H21N3O3/c1-2-4-17(23)20-13-8-10-15(11-9-13)22-12-3-5-16(19(22)25)18(24)21-14-6-7-14/h3,5,8-12,14H,2,4,6-7H2,1H3,(H,20,23)(H,21,24). The minimum Gasteiger partial charge on any atom is -0.349 e. The lowest BCUT2D eigenvalue weighted by Crippen LogP contribution is -2.33. The van der Waals surface area contributed by atoms with Crippen LogP contribution in [0.3, 0.4) is 0 Å². The Hall–Kier alpha value is -2.89. The second-order valence-electron chi connectivity index (χ2n) is 6.19. The van der Waals surface area contributed by atoms with Crippen LogP contribution in [0, 0.1) is 0 Å². The molecule has 0 bridgehead atoms. The van der Waals surface area contributed by atoms with E-state index in [2.05, 4.69) is 10.6 Å². The van der Waals surface area contributed by atoms with Crippen LogP contribution in [0.2, 0.25) is 0 Å². The fourth-order valence-corrected chi connectivity index (χ4v) is 2.52. The lowest BCUT2D eigenvalue weighted by atomic mass is 10.2. The number of anilines is 1. The van der Waals surface area contributed by atoms with Crippen LogP contribution in [0.15, 0.2) is 47.4 Å². The molecule has 1 saturated carbocycles. The van der Waals surface area contributed by atoms with Crippen LogP contribution in [0.5, 0.6) is 0 Å². The molecule has 1 aromatic heterocycles. The molecule has 130 valence electrons. The van der Waals surface area contributed by atoms with Gasteiger partial charge in [-0.05, 0) is 55.7 Å². The summed E-state index contributed by atoms with van der Waals surface area (Å²) in [6, 6.07) is 10.4. The van der Waals surface area contributed by atoms with Crippen molar-refractivity contribution in [1.29, 1.82) is 0 Å². The molecule has 6 heteroatoms. The molecule has 2 aromatic rings. The number of carbonyl (C=O) groups excluding carboxylic acids is 2. The Morgan fingerprint density at radius 3 is 2.52 bits per heavy atom. The molecule has 6 nitrogen and oxygen atoms in total. The van der Waals surface area contributed by atoms with Crippen molar-refractivity contribution in [2.24, 2.45) is 0 Å². The van der Waals surface area contributed by atoms with Gasteiger partial charge in [0.2, 0.25) is 5.91 Å². The van der Waals surface area contributed by atoms with Gasteiger partial charge >= 0.3 is 0 Å². The van der Waals surface area contributed by atoms with Gasteiger partial charge < -0.3 is 10.6 Å². The van der Waals surface area contributed by atoms with Gasteiger partial charge in [-0.15, -0.1) is 0 Å². The topological polar surface area (TPSA) is 80.2 Å². The highest BCUT2D eigenvalue weighted by Gasteiger charge is 2.25. The first-order chi connectivity index (χ1) is 12.1. The average Bonchev–Trinajstić information content (AvgIpc) is 3.40. The molecule has 0 spiro atoms. The van der Waals surface area contributed by atoms with Crippen molar-refractivity contribution in [2.45, 2.75) is 38.6 Å². The van der Waals surface area contributed by atoms with Crippen LogP contribution in [0.4, 0.5) is 5.69 Å². The summed E-state index contributed by atoms with van der Waals surface area (Å²) in [5.41, 5.74) is 1.09. The number of pyridine rings is 1. The Morgan fingerprint density at radius 1 is 1.16 bits per heavy atom. The molecule has 0 saturated heterocycles. The zero-order valence-corrected chi connectivity index (χ0v) is 14.1. The minimum atomic E-state index is -0.358. The third-order valence-electron chi connectivity index (χ3n) is 4.01. The van der Waals surface area contributed by atoms with Crippen LogP contribution in [0.1, 0.15) is 43.0 Å². The molecule has 3 rings (SSSR count). The summed E-state index contributed by atoms with van der Waals surface area (Å²) in [6.45, 7) is 1.95. The Balaban J connectivity index is 1.80. The number of hydrogen-bond donors (Lipinski definition) is 2. The quantitative estimate of drug-likeness (QED) is 0.848. The molecule has 0 radical (unpaired) electrons. The summed E-state index contributed by atoms with van der Waals surface area (Å²) < 4.78 is 1.43. The molecule has 0 aliphatic heterocycles. The summed E-state index contributed by atoms with van der Waals surface area (Å²) >= 11 is 0. The summed E-state index contributed by atoms with van der Waals surface area (Å²) in [6.07, 6.45) is 4.82. The van der Waals surface area contributed by atoms with Gasteiger partial charge in [0.25, 0.3) is 11.5 Å². The monoisotopic (exact) mass is 339 g/mol. The van der Waals surface area contributed by atoms with Crippen LogP contribution in [-0.2, 0) is 4.79 Å². The summed E-state index contributed by atoms with van der Waals surface area (Å²) in [5, 5.41) is 5.64. The molecule has 1 aromatic carbocycles. The van der Waals surface area contributed by atoms with Gasteiger partial charge in [0, 0.05) is 30.0 Å². The highest BCUT2D eigenvalue weighted by atomic mass is 16.2. The number of nitrogens with one attached hydrogen (secondary N) is 2. The van der Waals surface area contributed by atoms with Gasteiger partial charge in [-0.1, -0.05) is 6.92 Å². The number of hydrogen-bond acceptors (Lipinski definition) is 3. The Bertz CT molecular complexity index is 836. The summed E-state index contributed by atoms with van der Waals surface area (Å²) in [5.74, 6) is -0.364. The first-order valence-electron chi connectivity index (χ1n) is 8.51. The van der Waals surface area contributed by atoms with Gasteiger partial charge in [-0.2, -0.15) is 0 Å². The predicted octanol–water partition coefficient (Wildman–Crippen LogP) is 2.47. The van der Waals surface area contributed by atoms with Crippen molar-refractivity contribution in [3.8, 4) is 5.69 Å². The first-order valence-corrected chi connectivity index (χ1v) is 8.51. The van der Waals surface area contributed by atoms with E-state index < -0.39 is 0 Å². The van der Waals surface area contributed by atoms with Crippen molar-refractivity contribution in [3.05, 3.63) is 58.5 Å². The molecule has 1 aliphatic rings. The van der Waals surface area contributed by atoms with E-state index in [9.17, 15) is 14.4 Å². The zero-order chi connectivity index (χ0) is 17.8. The third-order valence-corrected chi connectivity index (χ3v) is 4.01. The largest absolute Gasteiger partial charge is 0.349 e. The van der Waals surface area contributed by atoms with Crippen LogP contribution >= 0.6 is 0 Å². The molecule has 25 heavy (non-hydrogen) atoms. The number of carbonyl (C=O) groups is 2. The van der Waals surface area contributed by atoms with E-state index >= 15 is 0 Å². The van der Waals surface area contributed by atoms with Gasteiger partial charge in [0.05, 0.1) is 0 Å². The lowest BCUT2D eigenvalue weighted by molar-refractivity contribution is -0.116. The number of rotatable bonds is 6.